The molecule has 1 amide bonds. The van der Waals surface area contributed by atoms with Gasteiger partial charge >= 0.3 is 0 Å². The SMILES string of the molecule is COc1ccc(C(=O)Nc2ccc(F)cc2C)c(F)c1. The molecule has 0 aliphatic rings. The van der Waals surface area contributed by atoms with E-state index in [-0.39, 0.29) is 5.56 Å². The van der Waals surface area contributed by atoms with Gasteiger partial charge in [0.25, 0.3) is 5.91 Å². The zero-order valence-electron chi connectivity index (χ0n) is 11.0. The molecule has 2 rings (SSSR count). The second-order valence-electron chi connectivity index (χ2n) is 4.26. The lowest BCUT2D eigenvalue weighted by molar-refractivity contribution is 0.102. The number of nitrogens with one attached hydrogen (secondary N) is 1. The minimum Gasteiger partial charge on any atom is -0.497 e. The molecule has 0 unspecified atom stereocenters. The maximum absolute atomic E-state index is 13.8. The van der Waals surface area contributed by atoms with Gasteiger partial charge in [0.1, 0.15) is 17.4 Å². The number of carbonyl (C=O) groups excluding carboxylic acids is 1. The molecule has 0 atom stereocenters. The molecule has 5 heteroatoms. The highest BCUT2D eigenvalue weighted by Crippen LogP contribution is 2.20. The number of amides is 1. The Hall–Kier alpha value is -2.43. The van der Waals surface area contributed by atoms with E-state index in [1.54, 1.807) is 6.92 Å². The van der Waals surface area contributed by atoms with E-state index in [0.29, 0.717) is 17.0 Å². The van der Waals surface area contributed by atoms with Crippen molar-refractivity contribution >= 4 is 11.6 Å². The molecule has 0 spiro atoms. The van der Waals surface area contributed by atoms with Crippen molar-refractivity contribution in [1.82, 2.24) is 0 Å². The van der Waals surface area contributed by atoms with Gasteiger partial charge < -0.3 is 10.1 Å². The zero-order valence-corrected chi connectivity index (χ0v) is 11.0. The van der Waals surface area contributed by atoms with Crippen LogP contribution in [0.15, 0.2) is 36.4 Å². The van der Waals surface area contributed by atoms with Crippen LogP contribution in [0.3, 0.4) is 0 Å². The molecule has 0 heterocycles. The number of aryl methyl sites for hydroxylation is 1. The Balaban J connectivity index is 2.24. The summed E-state index contributed by atoms with van der Waals surface area (Å²) in [6, 6.07) is 7.92. The van der Waals surface area contributed by atoms with Gasteiger partial charge in [-0.2, -0.15) is 0 Å². The van der Waals surface area contributed by atoms with Crippen molar-refractivity contribution in [2.24, 2.45) is 0 Å². The normalized spacial score (nSPS) is 10.2. The summed E-state index contributed by atoms with van der Waals surface area (Å²) in [5.41, 5.74) is 0.897. The van der Waals surface area contributed by atoms with Gasteiger partial charge in [-0.3, -0.25) is 4.79 Å². The van der Waals surface area contributed by atoms with Crippen molar-refractivity contribution in [2.75, 3.05) is 12.4 Å². The van der Waals surface area contributed by atoms with Crippen LogP contribution in [0, 0.1) is 18.6 Å². The third-order valence-electron chi connectivity index (χ3n) is 2.86. The Bertz CT molecular complexity index is 656. The average molecular weight is 277 g/mol. The lowest BCUT2D eigenvalue weighted by atomic mass is 10.1. The number of hydrogen-bond acceptors (Lipinski definition) is 2. The van der Waals surface area contributed by atoms with Crippen LogP contribution in [-0.4, -0.2) is 13.0 Å². The van der Waals surface area contributed by atoms with Gasteiger partial charge in [0, 0.05) is 11.8 Å². The second-order valence-corrected chi connectivity index (χ2v) is 4.26. The predicted octanol–water partition coefficient (Wildman–Crippen LogP) is 3.53. The number of halogens is 2. The highest BCUT2D eigenvalue weighted by atomic mass is 19.1. The molecule has 20 heavy (non-hydrogen) atoms. The Morgan fingerprint density at radius 1 is 1.15 bits per heavy atom. The van der Waals surface area contributed by atoms with Gasteiger partial charge in [-0.1, -0.05) is 0 Å². The summed E-state index contributed by atoms with van der Waals surface area (Å²) in [7, 11) is 1.41. The first-order chi connectivity index (χ1) is 9.51. The molecule has 2 aromatic carbocycles. The number of hydrogen-bond donors (Lipinski definition) is 1. The summed E-state index contributed by atoms with van der Waals surface area (Å²) in [5, 5.41) is 2.55. The van der Waals surface area contributed by atoms with Gasteiger partial charge in [0.2, 0.25) is 0 Å². The third kappa shape index (κ3) is 2.93. The summed E-state index contributed by atoms with van der Waals surface area (Å²) in [6.07, 6.45) is 0. The van der Waals surface area contributed by atoms with E-state index < -0.39 is 17.5 Å². The Labute approximate surface area is 115 Å². The number of ether oxygens (including phenoxy) is 1. The van der Waals surface area contributed by atoms with Crippen LogP contribution in [0.5, 0.6) is 5.75 Å². The van der Waals surface area contributed by atoms with Gasteiger partial charge in [0.15, 0.2) is 0 Å². The van der Waals surface area contributed by atoms with Crippen molar-refractivity contribution in [1.29, 1.82) is 0 Å². The number of rotatable bonds is 3. The zero-order chi connectivity index (χ0) is 14.7. The van der Waals surface area contributed by atoms with Gasteiger partial charge in [0.05, 0.1) is 12.7 Å². The van der Waals surface area contributed by atoms with Crippen LogP contribution in [0.25, 0.3) is 0 Å². The molecule has 104 valence electrons. The van der Waals surface area contributed by atoms with Gasteiger partial charge in [-0.15, -0.1) is 0 Å². The molecule has 0 bridgehead atoms. The smallest absolute Gasteiger partial charge is 0.258 e. The maximum Gasteiger partial charge on any atom is 0.258 e. The first-order valence-electron chi connectivity index (χ1n) is 5.92. The van der Waals surface area contributed by atoms with E-state index in [4.69, 9.17) is 4.74 Å². The molecule has 0 aliphatic carbocycles. The third-order valence-corrected chi connectivity index (χ3v) is 2.86. The lowest BCUT2D eigenvalue weighted by Crippen LogP contribution is -2.14. The highest BCUT2D eigenvalue weighted by Gasteiger charge is 2.13. The largest absolute Gasteiger partial charge is 0.497 e. The van der Waals surface area contributed by atoms with E-state index in [1.807, 2.05) is 0 Å². The number of carbonyl (C=O) groups is 1. The number of methoxy groups -OCH3 is 1. The molecule has 0 aromatic heterocycles. The summed E-state index contributed by atoms with van der Waals surface area (Å²) in [5.74, 6) is -1.34. The summed E-state index contributed by atoms with van der Waals surface area (Å²) in [4.78, 5) is 12.0. The minimum absolute atomic E-state index is 0.102. The Kier molecular flexibility index (Phi) is 3.98. The van der Waals surface area contributed by atoms with Crippen molar-refractivity contribution in [3.8, 4) is 5.75 Å². The fourth-order valence-electron chi connectivity index (χ4n) is 1.76. The van der Waals surface area contributed by atoms with Crippen molar-refractivity contribution in [3.63, 3.8) is 0 Å². The summed E-state index contributed by atoms with van der Waals surface area (Å²) >= 11 is 0. The Morgan fingerprint density at radius 2 is 1.90 bits per heavy atom. The van der Waals surface area contributed by atoms with Crippen LogP contribution >= 0.6 is 0 Å². The molecule has 0 radical (unpaired) electrons. The quantitative estimate of drug-likeness (QED) is 0.932. The first-order valence-corrected chi connectivity index (χ1v) is 5.92. The first kappa shape index (κ1) is 14.0. The molecule has 0 fully saturated rings. The fourth-order valence-corrected chi connectivity index (χ4v) is 1.76. The minimum atomic E-state index is -0.679. The average Bonchev–Trinajstić information content (AvgIpc) is 2.41. The molecular formula is C15H13F2NO2. The molecule has 0 saturated heterocycles. The number of anilines is 1. The molecule has 2 aromatic rings. The van der Waals surface area contributed by atoms with E-state index >= 15 is 0 Å². The van der Waals surface area contributed by atoms with Gasteiger partial charge in [-0.25, -0.2) is 8.78 Å². The van der Waals surface area contributed by atoms with Crippen LogP contribution in [0.4, 0.5) is 14.5 Å². The lowest BCUT2D eigenvalue weighted by Gasteiger charge is -2.09. The summed E-state index contributed by atoms with van der Waals surface area (Å²) < 4.78 is 31.6. The molecule has 0 aliphatic heterocycles. The van der Waals surface area contributed by atoms with Crippen LogP contribution in [0.2, 0.25) is 0 Å². The van der Waals surface area contributed by atoms with Crippen LogP contribution in [-0.2, 0) is 0 Å². The molecule has 3 nitrogen and oxygen atoms in total. The molecule has 0 saturated carbocycles. The topological polar surface area (TPSA) is 38.3 Å². The maximum atomic E-state index is 13.8. The van der Waals surface area contributed by atoms with Crippen molar-refractivity contribution in [2.45, 2.75) is 6.92 Å². The van der Waals surface area contributed by atoms with Gasteiger partial charge in [-0.05, 0) is 42.8 Å². The monoisotopic (exact) mass is 277 g/mol. The molecular weight excluding hydrogens is 264 g/mol. The van der Waals surface area contributed by atoms with E-state index in [9.17, 15) is 13.6 Å². The summed E-state index contributed by atoms with van der Waals surface area (Å²) in [6.45, 7) is 1.66. The van der Waals surface area contributed by atoms with Crippen molar-refractivity contribution in [3.05, 3.63) is 59.2 Å². The number of benzene rings is 2. The standard InChI is InChI=1S/C15H13F2NO2/c1-9-7-10(16)3-6-14(9)18-15(19)12-5-4-11(20-2)8-13(12)17/h3-8H,1-2H3,(H,18,19). The van der Waals surface area contributed by atoms with Crippen molar-refractivity contribution < 1.29 is 18.3 Å². The Morgan fingerprint density at radius 3 is 2.50 bits per heavy atom. The predicted molar refractivity (Wildman–Crippen MR) is 72.0 cm³/mol. The van der Waals surface area contributed by atoms with E-state index in [1.165, 1.54) is 37.4 Å². The highest BCUT2D eigenvalue weighted by molar-refractivity contribution is 6.04. The van der Waals surface area contributed by atoms with E-state index in [2.05, 4.69) is 5.32 Å². The van der Waals surface area contributed by atoms with Crippen LogP contribution in [0.1, 0.15) is 15.9 Å². The fraction of sp³-hybridized carbons (Fsp3) is 0.133. The van der Waals surface area contributed by atoms with Crippen LogP contribution < -0.4 is 10.1 Å². The second kappa shape index (κ2) is 5.69. The molecule has 1 N–H and O–H groups in total. The van der Waals surface area contributed by atoms with E-state index in [0.717, 1.165) is 6.07 Å².